The molecule has 2 saturated heterocycles. The summed E-state index contributed by atoms with van der Waals surface area (Å²) in [5, 5.41) is 6.49. The lowest BCUT2D eigenvalue weighted by atomic mass is 9.76. The molecule has 0 radical (unpaired) electrons. The van der Waals surface area contributed by atoms with Crippen LogP contribution in [0.3, 0.4) is 0 Å². The Morgan fingerprint density at radius 3 is 2.83 bits per heavy atom. The van der Waals surface area contributed by atoms with Gasteiger partial charge in [0, 0.05) is 43.6 Å². The normalized spacial score (nSPS) is 23.4. The number of ether oxygens (including phenoxy) is 1. The Labute approximate surface area is 138 Å². The average Bonchev–Trinajstić information content (AvgIpc) is 2.83. The predicted molar refractivity (Wildman–Crippen MR) is 88.9 cm³/mol. The minimum Gasteiger partial charge on any atom is -0.381 e. The molecule has 0 aliphatic carbocycles. The molecule has 2 N–H and O–H groups in total. The first-order chi connectivity index (χ1) is 11.1. The monoisotopic (exact) mass is 317 g/mol. The maximum Gasteiger partial charge on any atom is 0.237 e. The van der Waals surface area contributed by atoms with Gasteiger partial charge in [-0.3, -0.25) is 9.78 Å². The molecule has 1 unspecified atom stereocenters. The summed E-state index contributed by atoms with van der Waals surface area (Å²) in [7, 11) is 0. The topological polar surface area (TPSA) is 63.2 Å². The predicted octanol–water partition coefficient (Wildman–Crippen LogP) is 1.66. The van der Waals surface area contributed by atoms with Crippen molar-refractivity contribution < 1.29 is 9.53 Å². The Morgan fingerprint density at radius 1 is 1.39 bits per heavy atom. The number of rotatable bonds is 5. The van der Waals surface area contributed by atoms with Gasteiger partial charge in [0.05, 0.1) is 6.04 Å². The summed E-state index contributed by atoms with van der Waals surface area (Å²) in [4.78, 5) is 16.7. The molecule has 1 atom stereocenters. The highest BCUT2D eigenvalue weighted by molar-refractivity contribution is 5.85. The van der Waals surface area contributed by atoms with Gasteiger partial charge in [0.2, 0.25) is 5.91 Å². The molecule has 0 saturated carbocycles. The van der Waals surface area contributed by atoms with Gasteiger partial charge >= 0.3 is 0 Å². The largest absolute Gasteiger partial charge is 0.381 e. The van der Waals surface area contributed by atoms with E-state index >= 15 is 0 Å². The van der Waals surface area contributed by atoms with E-state index in [2.05, 4.69) is 41.6 Å². The third-order valence-electron chi connectivity index (χ3n) is 4.99. The van der Waals surface area contributed by atoms with Gasteiger partial charge in [-0.05, 0) is 36.8 Å². The van der Waals surface area contributed by atoms with E-state index in [-0.39, 0.29) is 17.4 Å². The van der Waals surface area contributed by atoms with Crippen LogP contribution in [0.1, 0.15) is 37.9 Å². The fourth-order valence-electron chi connectivity index (χ4n) is 3.62. The number of amides is 1. The number of nitrogens with zero attached hydrogens (tertiary/aromatic N) is 1. The SMILES string of the molecule is CC(C)Cc1ccc(CNC2C(=O)NCC23CCOCC3)cn1. The lowest BCUT2D eigenvalue weighted by Gasteiger charge is -2.36. The van der Waals surface area contributed by atoms with E-state index in [0.29, 0.717) is 12.5 Å². The molecule has 5 nitrogen and oxygen atoms in total. The number of carbonyl (C=O) groups is 1. The zero-order chi connectivity index (χ0) is 16.3. The van der Waals surface area contributed by atoms with Crippen molar-refractivity contribution >= 4 is 5.91 Å². The van der Waals surface area contributed by atoms with Crippen LogP contribution in [0.4, 0.5) is 0 Å². The van der Waals surface area contributed by atoms with Crippen molar-refractivity contribution in [2.24, 2.45) is 11.3 Å². The van der Waals surface area contributed by atoms with E-state index in [1.807, 2.05) is 6.20 Å². The number of pyridine rings is 1. The second-order valence-corrected chi connectivity index (χ2v) is 7.26. The molecule has 1 aromatic heterocycles. The molecule has 1 spiro atoms. The summed E-state index contributed by atoms with van der Waals surface area (Å²) >= 11 is 0. The Balaban J connectivity index is 1.61. The van der Waals surface area contributed by atoms with Gasteiger partial charge in [0.1, 0.15) is 0 Å². The third-order valence-corrected chi connectivity index (χ3v) is 4.99. The summed E-state index contributed by atoms with van der Waals surface area (Å²) in [6.07, 6.45) is 4.81. The molecule has 1 amide bonds. The second kappa shape index (κ2) is 6.97. The quantitative estimate of drug-likeness (QED) is 0.867. The van der Waals surface area contributed by atoms with Crippen LogP contribution in [0.2, 0.25) is 0 Å². The van der Waals surface area contributed by atoms with Gasteiger partial charge in [0.25, 0.3) is 0 Å². The summed E-state index contributed by atoms with van der Waals surface area (Å²) in [5.74, 6) is 0.735. The van der Waals surface area contributed by atoms with Crippen LogP contribution < -0.4 is 10.6 Å². The Bertz CT molecular complexity index is 536. The summed E-state index contributed by atoms with van der Waals surface area (Å²) in [5.41, 5.74) is 2.27. The lowest BCUT2D eigenvalue weighted by Crippen LogP contribution is -2.49. The van der Waals surface area contributed by atoms with Crippen LogP contribution in [0.25, 0.3) is 0 Å². The highest BCUT2D eigenvalue weighted by Crippen LogP contribution is 2.37. The molecule has 3 rings (SSSR count). The molecule has 23 heavy (non-hydrogen) atoms. The minimum atomic E-state index is -0.123. The van der Waals surface area contributed by atoms with Crippen LogP contribution in [-0.4, -0.2) is 36.7 Å². The van der Waals surface area contributed by atoms with E-state index < -0.39 is 0 Å². The van der Waals surface area contributed by atoms with Crippen molar-refractivity contribution in [3.8, 4) is 0 Å². The fraction of sp³-hybridized carbons (Fsp3) is 0.667. The fourth-order valence-corrected chi connectivity index (χ4v) is 3.62. The average molecular weight is 317 g/mol. The third kappa shape index (κ3) is 3.72. The van der Waals surface area contributed by atoms with Crippen LogP contribution in [-0.2, 0) is 22.5 Å². The van der Waals surface area contributed by atoms with E-state index in [9.17, 15) is 4.79 Å². The van der Waals surface area contributed by atoms with Crippen molar-refractivity contribution in [2.75, 3.05) is 19.8 Å². The van der Waals surface area contributed by atoms with Crippen LogP contribution in [0.5, 0.6) is 0 Å². The highest BCUT2D eigenvalue weighted by atomic mass is 16.5. The second-order valence-electron chi connectivity index (χ2n) is 7.26. The first-order valence-corrected chi connectivity index (χ1v) is 8.62. The van der Waals surface area contributed by atoms with Crippen molar-refractivity contribution in [2.45, 2.75) is 45.7 Å². The molecule has 126 valence electrons. The van der Waals surface area contributed by atoms with Crippen LogP contribution >= 0.6 is 0 Å². The molecular weight excluding hydrogens is 290 g/mol. The van der Waals surface area contributed by atoms with E-state index in [4.69, 9.17) is 4.74 Å². The van der Waals surface area contributed by atoms with Gasteiger partial charge in [-0.2, -0.15) is 0 Å². The van der Waals surface area contributed by atoms with Crippen molar-refractivity contribution in [3.63, 3.8) is 0 Å². The first-order valence-electron chi connectivity index (χ1n) is 8.62. The lowest BCUT2D eigenvalue weighted by molar-refractivity contribution is -0.122. The van der Waals surface area contributed by atoms with Crippen LogP contribution in [0, 0.1) is 11.3 Å². The smallest absolute Gasteiger partial charge is 0.237 e. The molecule has 0 bridgehead atoms. The molecule has 5 heteroatoms. The van der Waals surface area contributed by atoms with E-state index in [1.165, 1.54) is 0 Å². The molecular formula is C18H27N3O2. The van der Waals surface area contributed by atoms with Gasteiger partial charge in [0.15, 0.2) is 0 Å². The van der Waals surface area contributed by atoms with E-state index in [0.717, 1.165) is 50.3 Å². The molecule has 2 aliphatic rings. The molecule has 0 aromatic carbocycles. The number of hydrogen-bond acceptors (Lipinski definition) is 4. The van der Waals surface area contributed by atoms with Gasteiger partial charge < -0.3 is 15.4 Å². The zero-order valence-electron chi connectivity index (χ0n) is 14.1. The van der Waals surface area contributed by atoms with Crippen LogP contribution in [0.15, 0.2) is 18.3 Å². The number of carbonyl (C=O) groups excluding carboxylic acids is 1. The van der Waals surface area contributed by atoms with Crippen molar-refractivity contribution in [1.82, 2.24) is 15.6 Å². The Kier molecular flexibility index (Phi) is 4.97. The zero-order valence-corrected chi connectivity index (χ0v) is 14.1. The van der Waals surface area contributed by atoms with Gasteiger partial charge in [-0.1, -0.05) is 19.9 Å². The van der Waals surface area contributed by atoms with Crippen molar-refractivity contribution in [3.05, 3.63) is 29.6 Å². The summed E-state index contributed by atoms with van der Waals surface area (Å²) in [6, 6.07) is 4.08. The highest BCUT2D eigenvalue weighted by Gasteiger charge is 2.48. The molecule has 1 aromatic rings. The van der Waals surface area contributed by atoms with Crippen molar-refractivity contribution in [1.29, 1.82) is 0 Å². The van der Waals surface area contributed by atoms with Gasteiger partial charge in [-0.15, -0.1) is 0 Å². The maximum absolute atomic E-state index is 12.2. The molecule has 3 heterocycles. The number of nitrogens with one attached hydrogen (secondary N) is 2. The standard InChI is InChI=1S/C18H27N3O2/c1-13(2)9-15-4-3-14(10-19-15)11-20-16-17(22)21-12-18(16)5-7-23-8-6-18/h3-4,10,13,16,20H,5-9,11-12H2,1-2H3,(H,21,22). The number of hydrogen-bond donors (Lipinski definition) is 2. The number of aromatic nitrogens is 1. The molecule has 2 aliphatic heterocycles. The van der Waals surface area contributed by atoms with E-state index in [1.54, 1.807) is 0 Å². The minimum absolute atomic E-state index is 0.0142. The Hall–Kier alpha value is -1.46. The molecule has 2 fully saturated rings. The maximum atomic E-state index is 12.2. The van der Waals surface area contributed by atoms with Gasteiger partial charge in [-0.25, -0.2) is 0 Å². The first kappa shape index (κ1) is 16.4. The summed E-state index contributed by atoms with van der Waals surface area (Å²) < 4.78 is 5.47. The Morgan fingerprint density at radius 2 is 2.17 bits per heavy atom. The summed E-state index contributed by atoms with van der Waals surface area (Å²) in [6.45, 7) is 7.33.